The van der Waals surface area contributed by atoms with Crippen LogP contribution in [0, 0.1) is 29.1 Å². The van der Waals surface area contributed by atoms with E-state index in [2.05, 4.69) is 91.8 Å². The number of ether oxygens (including phenoxy) is 1. The first-order chi connectivity index (χ1) is 25.7. The van der Waals surface area contributed by atoms with Crippen LogP contribution in [0.4, 0.5) is 0 Å². The lowest BCUT2D eigenvalue weighted by Crippen LogP contribution is -2.43. The zero-order valence-electron chi connectivity index (χ0n) is 35.9. The molecule has 0 heterocycles. The third-order valence-electron chi connectivity index (χ3n) is 12.6. The summed E-state index contributed by atoms with van der Waals surface area (Å²) < 4.78 is 7.22. The van der Waals surface area contributed by atoms with Crippen molar-refractivity contribution in [2.45, 2.75) is 190 Å². The molecule has 2 aromatic carbocycles. The van der Waals surface area contributed by atoms with Crippen LogP contribution in [0.15, 0.2) is 36.4 Å². The summed E-state index contributed by atoms with van der Waals surface area (Å²) in [4.78, 5) is 0. The molecule has 3 N–H and O–H groups in total. The Balaban J connectivity index is 2.77. The van der Waals surface area contributed by atoms with Crippen molar-refractivity contribution < 1.29 is 20.1 Å². The Bertz CT molecular complexity index is 1210. The Morgan fingerprint density at radius 1 is 0.491 bits per heavy atom. The molecular formula is C49H84O4. The van der Waals surface area contributed by atoms with Crippen LogP contribution < -0.4 is 4.74 Å². The smallest absolute Gasteiger partial charge is 0.136 e. The predicted octanol–water partition coefficient (Wildman–Crippen LogP) is 12.8. The highest BCUT2D eigenvalue weighted by Crippen LogP contribution is 2.42. The van der Waals surface area contributed by atoms with Gasteiger partial charge in [0.2, 0.25) is 0 Å². The summed E-state index contributed by atoms with van der Waals surface area (Å²) >= 11 is 0. The second-order valence-electron chi connectivity index (χ2n) is 16.8. The molecule has 53 heavy (non-hydrogen) atoms. The monoisotopic (exact) mass is 737 g/mol. The lowest BCUT2D eigenvalue weighted by atomic mass is 9.77. The lowest BCUT2D eigenvalue weighted by molar-refractivity contribution is -0.0748. The molecule has 304 valence electrons. The van der Waals surface area contributed by atoms with Crippen molar-refractivity contribution in [3.63, 3.8) is 0 Å². The van der Waals surface area contributed by atoms with Crippen molar-refractivity contribution in [3.8, 4) is 5.75 Å². The van der Waals surface area contributed by atoms with Gasteiger partial charge >= 0.3 is 0 Å². The maximum Gasteiger partial charge on any atom is 0.136 e. The molecule has 0 aliphatic carbocycles. The van der Waals surface area contributed by atoms with Gasteiger partial charge in [-0.25, -0.2) is 0 Å². The highest BCUT2D eigenvalue weighted by atomic mass is 16.5. The quantitative estimate of drug-likeness (QED) is 0.0721. The van der Waals surface area contributed by atoms with E-state index < -0.39 is 11.5 Å². The molecule has 2 rings (SSSR count). The Morgan fingerprint density at radius 3 is 1.26 bits per heavy atom. The predicted molar refractivity (Wildman–Crippen MR) is 228 cm³/mol. The van der Waals surface area contributed by atoms with Gasteiger partial charge < -0.3 is 20.1 Å². The maximum absolute atomic E-state index is 11.0. The number of hydrogen-bond acceptors (Lipinski definition) is 4. The zero-order chi connectivity index (χ0) is 39.1. The maximum atomic E-state index is 11.0. The van der Waals surface area contributed by atoms with Gasteiger partial charge in [-0.15, -0.1) is 0 Å². The normalized spacial score (nSPS) is 14.9. The SMILES string of the molecule is CCCCC(CC)Cc1ccc(OC(c2ccc(CC(CC)CCCC)cc2CC(CC)CCCC)C(CO)(CO)CO)c(CC(CC)CCCC)c1. The van der Waals surface area contributed by atoms with Crippen LogP contribution >= 0.6 is 0 Å². The Morgan fingerprint density at radius 2 is 0.868 bits per heavy atom. The van der Waals surface area contributed by atoms with Gasteiger partial charge in [0, 0.05) is 0 Å². The van der Waals surface area contributed by atoms with Crippen LogP contribution in [0.1, 0.15) is 192 Å². The van der Waals surface area contributed by atoms with Crippen LogP contribution in [0.25, 0.3) is 0 Å². The summed E-state index contributed by atoms with van der Waals surface area (Å²) in [5.74, 6) is 3.25. The zero-order valence-corrected chi connectivity index (χ0v) is 35.9. The molecule has 0 amide bonds. The van der Waals surface area contributed by atoms with E-state index in [1.807, 2.05) is 0 Å². The van der Waals surface area contributed by atoms with E-state index in [9.17, 15) is 15.3 Å². The largest absolute Gasteiger partial charge is 0.485 e. The number of aliphatic hydroxyl groups excluding tert-OH is 3. The second kappa shape index (κ2) is 26.8. The Kier molecular flexibility index (Phi) is 23.9. The van der Waals surface area contributed by atoms with Gasteiger partial charge in [-0.3, -0.25) is 0 Å². The van der Waals surface area contributed by atoms with E-state index in [4.69, 9.17) is 4.74 Å². The van der Waals surface area contributed by atoms with Crippen molar-refractivity contribution in [1.82, 2.24) is 0 Å². The van der Waals surface area contributed by atoms with Crippen LogP contribution in [0.2, 0.25) is 0 Å². The third kappa shape index (κ3) is 15.3. The molecule has 0 aliphatic heterocycles. The molecule has 0 spiro atoms. The van der Waals surface area contributed by atoms with Gasteiger partial charge in [-0.1, -0.05) is 188 Å². The molecular weight excluding hydrogens is 653 g/mol. The minimum Gasteiger partial charge on any atom is -0.485 e. The van der Waals surface area contributed by atoms with Crippen molar-refractivity contribution in [3.05, 3.63) is 64.2 Å². The average Bonchev–Trinajstić information content (AvgIpc) is 3.19. The minimum absolute atomic E-state index is 0.370. The van der Waals surface area contributed by atoms with Crippen LogP contribution in [-0.2, 0) is 25.7 Å². The fourth-order valence-corrected chi connectivity index (χ4v) is 8.36. The van der Waals surface area contributed by atoms with Gasteiger partial charge in [0.15, 0.2) is 0 Å². The second-order valence-corrected chi connectivity index (χ2v) is 16.8. The highest BCUT2D eigenvalue weighted by molar-refractivity contribution is 5.41. The molecule has 4 nitrogen and oxygen atoms in total. The summed E-state index contributed by atoms with van der Waals surface area (Å²) in [5, 5.41) is 33.0. The van der Waals surface area contributed by atoms with E-state index in [0.717, 1.165) is 49.8 Å². The summed E-state index contributed by atoms with van der Waals surface area (Å²) in [5.41, 5.74) is 4.95. The fraction of sp³-hybridized carbons (Fsp3) is 0.755. The van der Waals surface area contributed by atoms with E-state index in [1.165, 1.54) is 112 Å². The Labute approximate surface area is 327 Å². The molecule has 5 atom stereocenters. The number of hydrogen-bond donors (Lipinski definition) is 3. The van der Waals surface area contributed by atoms with Gasteiger partial charge in [0.05, 0.1) is 25.2 Å². The van der Waals surface area contributed by atoms with E-state index in [1.54, 1.807) is 0 Å². The number of rotatable bonds is 31. The first kappa shape index (κ1) is 47.3. The average molecular weight is 737 g/mol. The molecule has 0 aliphatic rings. The van der Waals surface area contributed by atoms with Crippen molar-refractivity contribution in [2.24, 2.45) is 29.1 Å². The van der Waals surface area contributed by atoms with Gasteiger partial charge in [0.1, 0.15) is 11.9 Å². The molecule has 0 saturated carbocycles. The summed E-state index contributed by atoms with van der Waals surface area (Å²) in [6, 6.07) is 13.7. The molecule has 0 bridgehead atoms. The standard InChI is InChI=1S/C49H84O4/c1-9-17-21-38(13-5)29-42-25-27-46(44(33-42)31-40(15-7)23-19-11-3)48(49(35-50,36-51)37-52)53-47-28-26-43(30-39(14-6)22-18-10-2)34-45(47)32-41(16-8)24-20-12-4/h25-28,33-34,38-41,48,50-52H,9-24,29-32,35-37H2,1-8H3. The van der Waals surface area contributed by atoms with E-state index in [-0.39, 0.29) is 19.8 Å². The summed E-state index contributed by atoms with van der Waals surface area (Å²) in [6.45, 7) is 17.2. The fourth-order valence-electron chi connectivity index (χ4n) is 8.36. The first-order valence-corrected chi connectivity index (χ1v) is 22.5. The van der Waals surface area contributed by atoms with Crippen molar-refractivity contribution >= 4 is 0 Å². The summed E-state index contributed by atoms with van der Waals surface area (Å²) in [7, 11) is 0. The van der Waals surface area contributed by atoms with Gasteiger partial charge in [0.25, 0.3) is 0 Å². The number of unbranched alkanes of at least 4 members (excludes halogenated alkanes) is 4. The molecule has 0 saturated heterocycles. The molecule has 0 radical (unpaired) electrons. The third-order valence-corrected chi connectivity index (χ3v) is 12.6. The summed E-state index contributed by atoms with van der Waals surface area (Å²) in [6.07, 6.45) is 22.6. The van der Waals surface area contributed by atoms with Crippen molar-refractivity contribution in [2.75, 3.05) is 19.8 Å². The van der Waals surface area contributed by atoms with Crippen LogP contribution in [0.3, 0.4) is 0 Å². The highest BCUT2D eigenvalue weighted by Gasteiger charge is 2.42. The van der Waals surface area contributed by atoms with Crippen LogP contribution in [0.5, 0.6) is 5.75 Å². The topological polar surface area (TPSA) is 69.9 Å². The van der Waals surface area contributed by atoms with E-state index >= 15 is 0 Å². The Hall–Kier alpha value is -1.88. The van der Waals surface area contributed by atoms with Crippen molar-refractivity contribution in [1.29, 1.82) is 0 Å². The van der Waals surface area contributed by atoms with E-state index in [0.29, 0.717) is 23.7 Å². The van der Waals surface area contributed by atoms with Gasteiger partial charge in [-0.2, -0.15) is 0 Å². The van der Waals surface area contributed by atoms with Crippen LogP contribution in [-0.4, -0.2) is 35.1 Å². The molecule has 2 aromatic rings. The minimum atomic E-state index is -1.25. The number of aliphatic hydroxyl groups is 3. The number of benzene rings is 2. The lowest BCUT2D eigenvalue weighted by Gasteiger charge is -2.38. The van der Waals surface area contributed by atoms with Gasteiger partial charge in [-0.05, 0) is 83.2 Å². The molecule has 5 unspecified atom stereocenters. The first-order valence-electron chi connectivity index (χ1n) is 22.5. The molecule has 4 heteroatoms. The molecule has 0 aromatic heterocycles. The molecule has 0 fully saturated rings.